The van der Waals surface area contributed by atoms with Crippen LogP contribution in [0.1, 0.15) is 11.1 Å². The highest BCUT2D eigenvalue weighted by molar-refractivity contribution is 5.93. The van der Waals surface area contributed by atoms with E-state index in [4.69, 9.17) is 14.9 Å². The van der Waals surface area contributed by atoms with Crippen LogP contribution in [0, 0.1) is 11.8 Å². The number of carboxylic acids is 1. The first-order valence-corrected chi connectivity index (χ1v) is 5.01. The van der Waals surface area contributed by atoms with Crippen LogP contribution >= 0.6 is 0 Å². The lowest BCUT2D eigenvalue weighted by Gasteiger charge is -2.15. The van der Waals surface area contributed by atoms with E-state index in [-0.39, 0.29) is 18.8 Å². The van der Waals surface area contributed by atoms with Crippen molar-refractivity contribution in [3.8, 4) is 17.6 Å². The number of carbonyl (C=O) groups is 1. The molecule has 2 N–H and O–H groups in total. The Labute approximate surface area is 98.2 Å². The van der Waals surface area contributed by atoms with E-state index in [9.17, 15) is 4.79 Å². The fraction of sp³-hybridized carbons (Fsp3) is 0.154. The van der Waals surface area contributed by atoms with Crippen molar-refractivity contribution in [1.82, 2.24) is 0 Å². The largest absolute Gasteiger partial charge is 0.488 e. The van der Waals surface area contributed by atoms with E-state index in [1.54, 1.807) is 24.3 Å². The van der Waals surface area contributed by atoms with Crippen LogP contribution in [0.2, 0.25) is 0 Å². The molecule has 0 saturated heterocycles. The Morgan fingerprint density at radius 1 is 1.47 bits per heavy atom. The molecule has 0 unspecified atom stereocenters. The second-order valence-electron chi connectivity index (χ2n) is 3.48. The maximum atomic E-state index is 10.8. The summed E-state index contributed by atoms with van der Waals surface area (Å²) < 4.78 is 5.31. The number of hydrogen-bond acceptors (Lipinski definition) is 3. The van der Waals surface area contributed by atoms with E-state index in [1.165, 1.54) is 0 Å². The van der Waals surface area contributed by atoms with Crippen LogP contribution < -0.4 is 4.74 Å². The van der Waals surface area contributed by atoms with Gasteiger partial charge in [0, 0.05) is 11.1 Å². The van der Waals surface area contributed by atoms with Gasteiger partial charge in [-0.2, -0.15) is 0 Å². The van der Waals surface area contributed by atoms with Crippen molar-refractivity contribution in [2.45, 2.75) is 0 Å². The van der Waals surface area contributed by atoms with Gasteiger partial charge in [0.05, 0.1) is 5.57 Å². The third-order valence-electron chi connectivity index (χ3n) is 2.31. The van der Waals surface area contributed by atoms with Crippen LogP contribution in [0.5, 0.6) is 5.75 Å². The quantitative estimate of drug-likeness (QED) is 0.703. The van der Waals surface area contributed by atoms with Crippen molar-refractivity contribution < 1.29 is 19.7 Å². The maximum absolute atomic E-state index is 10.8. The highest BCUT2D eigenvalue weighted by Gasteiger charge is 2.16. The van der Waals surface area contributed by atoms with E-state index in [2.05, 4.69) is 11.8 Å². The second kappa shape index (κ2) is 4.73. The molecule has 0 fully saturated rings. The van der Waals surface area contributed by atoms with Gasteiger partial charge in [-0.05, 0) is 24.3 Å². The Morgan fingerprint density at radius 3 is 3.00 bits per heavy atom. The summed E-state index contributed by atoms with van der Waals surface area (Å²) in [5.41, 5.74) is 1.62. The molecule has 1 heterocycles. The number of aliphatic hydroxyl groups excluding tert-OH is 1. The summed E-state index contributed by atoms with van der Waals surface area (Å²) in [6.07, 6.45) is 1.57. The Kier molecular flexibility index (Phi) is 3.12. The number of carboxylic acid groups (broad SMARTS) is 1. The second-order valence-corrected chi connectivity index (χ2v) is 3.48. The van der Waals surface area contributed by atoms with Crippen molar-refractivity contribution in [2.75, 3.05) is 13.2 Å². The SMILES string of the molecule is O=C(O)C1=Cc2cc(C#CCO)ccc2OC1. The first-order chi connectivity index (χ1) is 8.20. The standard InChI is InChI=1S/C13H10O4/c14-5-1-2-9-3-4-12-10(6-9)7-11(8-17-12)13(15)16/h3-4,6-7,14H,5,8H2,(H,15,16). The number of fused-ring (bicyclic) bond motifs is 1. The average Bonchev–Trinajstić information content (AvgIpc) is 2.35. The number of ether oxygens (including phenoxy) is 1. The summed E-state index contributed by atoms with van der Waals surface area (Å²) in [4.78, 5) is 10.8. The summed E-state index contributed by atoms with van der Waals surface area (Å²) in [7, 11) is 0. The predicted molar refractivity (Wildman–Crippen MR) is 61.5 cm³/mol. The van der Waals surface area contributed by atoms with Gasteiger partial charge in [-0.1, -0.05) is 11.8 Å². The van der Waals surface area contributed by atoms with E-state index in [0.717, 1.165) is 0 Å². The maximum Gasteiger partial charge on any atom is 0.335 e. The minimum Gasteiger partial charge on any atom is -0.488 e. The van der Waals surface area contributed by atoms with Gasteiger partial charge >= 0.3 is 5.97 Å². The molecule has 1 aliphatic rings. The molecular weight excluding hydrogens is 220 g/mol. The van der Waals surface area contributed by atoms with Gasteiger partial charge in [0.1, 0.15) is 19.0 Å². The Morgan fingerprint density at radius 2 is 2.29 bits per heavy atom. The highest BCUT2D eigenvalue weighted by atomic mass is 16.5. The van der Waals surface area contributed by atoms with Gasteiger partial charge in [0.15, 0.2) is 0 Å². The van der Waals surface area contributed by atoms with E-state index in [1.807, 2.05) is 0 Å². The van der Waals surface area contributed by atoms with Crippen molar-refractivity contribution in [3.63, 3.8) is 0 Å². The molecule has 0 aromatic heterocycles. The predicted octanol–water partition coefficient (Wildman–Crippen LogP) is 0.891. The van der Waals surface area contributed by atoms with E-state index >= 15 is 0 Å². The Hall–Kier alpha value is -2.25. The smallest absolute Gasteiger partial charge is 0.335 e. The number of hydrogen-bond donors (Lipinski definition) is 2. The molecule has 1 aliphatic heterocycles. The van der Waals surface area contributed by atoms with Crippen LogP contribution in [0.4, 0.5) is 0 Å². The zero-order valence-electron chi connectivity index (χ0n) is 8.93. The van der Waals surface area contributed by atoms with E-state index in [0.29, 0.717) is 16.9 Å². The lowest BCUT2D eigenvalue weighted by Crippen LogP contribution is -2.14. The van der Waals surface area contributed by atoms with Gasteiger partial charge < -0.3 is 14.9 Å². The van der Waals surface area contributed by atoms with Crippen molar-refractivity contribution in [2.24, 2.45) is 0 Å². The van der Waals surface area contributed by atoms with E-state index < -0.39 is 5.97 Å². The fourth-order valence-electron chi connectivity index (χ4n) is 1.52. The molecule has 0 saturated carbocycles. The molecule has 0 aliphatic carbocycles. The minimum atomic E-state index is -0.984. The zero-order chi connectivity index (χ0) is 12.3. The van der Waals surface area contributed by atoms with Gasteiger partial charge in [0.2, 0.25) is 0 Å². The molecule has 17 heavy (non-hydrogen) atoms. The summed E-state index contributed by atoms with van der Waals surface area (Å²) in [6, 6.07) is 5.24. The molecule has 1 aromatic carbocycles. The summed E-state index contributed by atoms with van der Waals surface area (Å²) in [6.45, 7) is -0.131. The molecule has 0 atom stereocenters. The number of aliphatic hydroxyl groups is 1. The lowest BCUT2D eigenvalue weighted by atomic mass is 10.0. The van der Waals surface area contributed by atoms with Gasteiger partial charge in [-0.25, -0.2) is 4.79 Å². The first kappa shape index (κ1) is 11.2. The third-order valence-corrected chi connectivity index (χ3v) is 2.31. The summed E-state index contributed by atoms with van der Waals surface area (Å²) >= 11 is 0. The van der Waals surface area contributed by atoms with Crippen LogP contribution in [-0.2, 0) is 4.79 Å². The van der Waals surface area contributed by atoms with Gasteiger partial charge in [-0.15, -0.1) is 0 Å². The van der Waals surface area contributed by atoms with Crippen molar-refractivity contribution in [1.29, 1.82) is 0 Å². The zero-order valence-corrected chi connectivity index (χ0v) is 8.93. The molecule has 0 spiro atoms. The Balaban J connectivity index is 2.39. The van der Waals surface area contributed by atoms with Crippen LogP contribution in [0.3, 0.4) is 0 Å². The third kappa shape index (κ3) is 2.47. The highest BCUT2D eigenvalue weighted by Crippen LogP contribution is 2.27. The molecule has 4 heteroatoms. The molecule has 86 valence electrons. The molecule has 4 nitrogen and oxygen atoms in total. The molecule has 1 aromatic rings. The van der Waals surface area contributed by atoms with Gasteiger partial charge in [-0.3, -0.25) is 0 Å². The molecule has 2 rings (SSSR count). The summed E-state index contributed by atoms with van der Waals surface area (Å²) in [5, 5.41) is 17.5. The van der Waals surface area contributed by atoms with Crippen molar-refractivity contribution >= 4 is 12.0 Å². The number of aliphatic carboxylic acids is 1. The Bertz CT molecular complexity index is 546. The monoisotopic (exact) mass is 230 g/mol. The number of rotatable bonds is 1. The molecular formula is C13H10O4. The topological polar surface area (TPSA) is 66.8 Å². The fourth-order valence-corrected chi connectivity index (χ4v) is 1.52. The van der Waals surface area contributed by atoms with Gasteiger partial charge in [0.25, 0.3) is 0 Å². The van der Waals surface area contributed by atoms with Crippen LogP contribution in [0.25, 0.3) is 6.08 Å². The minimum absolute atomic E-state index is 0.0734. The van der Waals surface area contributed by atoms with Crippen LogP contribution in [-0.4, -0.2) is 29.4 Å². The molecule has 0 radical (unpaired) electrons. The molecule has 0 amide bonds. The normalized spacial score (nSPS) is 12.6. The lowest BCUT2D eigenvalue weighted by molar-refractivity contribution is -0.132. The molecule has 0 bridgehead atoms. The van der Waals surface area contributed by atoms with Crippen LogP contribution in [0.15, 0.2) is 23.8 Å². The average molecular weight is 230 g/mol. The first-order valence-electron chi connectivity index (χ1n) is 5.01. The van der Waals surface area contributed by atoms with Crippen molar-refractivity contribution in [3.05, 3.63) is 34.9 Å². The summed E-state index contributed by atoms with van der Waals surface area (Å²) in [5.74, 6) is 4.95. The number of benzene rings is 1.